The summed E-state index contributed by atoms with van der Waals surface area (Å²) in [6.07, 6.45) is 5.21. The number of hydrogen-bond acceptors (Lipinski definition) is 5. The molecule has 0 aliphatic carbocycles. The van der Waals surface area contributed by atoms with Gasteiger partial charge in [-0.1, -0.05) is 6.07 Å². The standard InChI is InChI=1S/C12H13BrN4O/c1-2-18-11-10(13)8-16-12(17-11)15-7-9-4-3-5-14-6-9/h3-6,8H,2,7H2,1H3,(H,15,16,17). The van der Waals surface area contributed by atoms with Gasteiger partial charge in [0.05, 0.1) is 17.3 Å². The summed E-state index contributed by atoms with van der Waals surface area (Å²) in [6.45, 7) is 3.11. The molecule has 0 amide bonds. The van der Waals surface area contributed by atoms with Crippen LogP contribution in [0.4, 0.5) is 5.95 Å². The summed E-state index contributed by atoms with van der Waals surface area (Å²) in [6, 6.07) is 3.88. The topological polar surface area (TPSA) is 59.9 Å². The minimum atomic E-state index is 0.533. The third-order valence-corrected chi connectivity index (χ3v) is 2.71. The second-order valence-electron chi connectivity index (χ2n) is 3.49. The van der Waals surface area contributed by atoms with Gasteiger partial charge in [-0.05, 0) is 34.5 Å². The van der Waals surface area contributed by atoms with Crippen molar-refractivity contribution in [2.45, 2.75) is 13.5 Å². The fourth-order valence-corrected chi connectivity index (χ4v) is 1.66. The molecule has 0 saturated carbocycles. The van der Waals surface area contributed by atoms with Crippen LogP contribution in [0.1, 0.15) is 12.5 Å². The van der Waals surface area contributed by atoms with Crippen molar-refractivity contribution in [3.8, 4) is 5.88 Å². The van der Waals surface area contributed by atoms with Gasteiger partial charge in [0.25, 0.3) is 0 Å². The van der Waals surface area contributed by atoms with Gasteiger partial charge < -0.3 is 10.1 Å². The van der Waals surface area contributed by atoms with Crippen LogP contribution in [-0.4, -0.2) is 21.6 Å². The highest BCUT2D eigenvalue weighted by molar-refractivity contribution is 9.10. The van der Waals surface area contributed by atoms with E-state index < -0.39 is 0 Å². The number of pyridine rings is 1. The Labute approximate surface area is 114 Å². The van der Waals surface area contributed by atoms with Crippen LogP contribution in [0.25, 0.3) is 0 Å². The summed E-state index contributed by atoms with van der Waals surface area (Å²) in [5.74, 6) is 1.08. The molecule has 0 fully saturated rings. The Morgan fingerprint density at radius 3 is 3.00 bits per heavy atom. The average Bonchev–Trinajstić information content (AvgIpc) is 2.41. The molecule has 0 spiro atoms. The Bertz CT molecular complexity index is 507. The number of rotatable bonds is 5. The largest absolute Gasteiger partial charge is 0.477 e. The summed E-state index contributed by atoms with van der Waals surface area (Å²) in [5, 5.41) is 3.12. The molecule has 1 N–H and O–H groups in total. The first-order chi connectivity index (χ1) is 8.79. The Balaban J connectivity index is 2.03. The molecule has 0 aromatic carbocycles. The molecule has 2 heterocycles. The van der Waals surface area contributed by atoms with Crippen molar-refractivity contribution >= 4 is 21.9 Å². The second-order valence-corrected chi connectivity index (χ2v) is 4.35. The predicted octanol–water partition coefficient (Wildman–Crippen LogP) is 2.64. The lowest BCUT2D eigenvalue weighted by molar-refractivity contribution is 0.324. The van der Waals surface area contributed by atoms with Crippen LogP contribution in [0.5, 0.6) is 5.88 Å². The van der Waals surface area contributed by atoms with Crippen molar-refractivity contribution in [1.29, 1.82) is 0 Å². The van der Waals surface area contributed by atoms with Crippen LogP contribution in [0.15, 0.2) is 35.2 Å². The van der Waals surface area contributed by atoms with Crippen LogP contribution < -0.4 is 10.1 Å². The Morgan fingerprint density at radius 1 is 1.39 bits per heavy atom. The van der Waals surface area contributed by atoms with Crippen molar-refractivity contribution in [1.82, 2.24) is 15.0 Å². The summed E-state index contributed by atoms with van der Waals surface area (Å²) in [4.78, 5) is 12.5. The highest BCUT2D eigenvalue weighted by Gasteiger charge is 2.05. The quantitative estimate of drug-likeness (QED) is 0.920. The number of nitrogens with one attached hydrogen (secondary N) is 1. The zero-order chi connectivity index (χ0) is 12.8. The number of halogens is 1. The third kappa shape index (κ3) is 3.40. The summed E-state index contributed by atoms with van der Waals surface area (Å²) in [5.41, 5.74) is 1.07. The Hall–Kier alpha value is -1.69. The molecule has 0 bridgehead atoms. The van der Waals surface area contributed by atoms with Crippen molar-refractivity contribution in [3.05, 3.63) is 40.8 Å². The average molecular weight is 309 g/mol. The lowest BCUT2D eigenvalue weighted by Crippen LogP contribution is -2.05. The summed E-state index contributed by atoms with van der Waals surface area (Å²) < 4.78 is 6.13. The van der Waals surface area contributed by atoms with Gasteiger partial charge >= 0.3 is 0 Å². The molecular weight excluding hydrogens is 296 g/mol. The van der Waals surface area contributed by atoms with E-state index in [0.29, 0.717) is 25.0 Å². The van der Waals surface area contributed by atoms with Gasteiger partial charge in [0.2, 0.25) is 11.8 Å². The summed E-state index contributed by atoms with van der Waals surface area (Å²) in [7, 11) is 0. The molecule has 5 nitrogen and oxygen atoms in total. The zero-order valence-corrected chi connectivity index (χ0v) is 11.5. The Morgan fingerprint density at radius 2 is 2.28 bits per heavy atom. The molecule has 0 saturated heterocycles. The van der Waals surface area contributed by atoms with Gasteiger partial charge in [-0.15, -0.1) is 0 Å². The van der Waals surface area contributed by atoms with E-state index in [2.05, 4.69) is 36.2 Å². The maximum atomic E-state index is 5.38. The lowest BCUT2D eigenvalue weighted by Gasteiger charge is -2.08. The molecule has 0 unspecified atom stereocenters. The van der Waals surface area contributed by atoms with Crippen molar-refractivity contribution in [3.63, 3.8) is 0 Å². The van der Waals surface area contributed by atoms with Crippen LogP contribution in [0, 0.1) is 0 Å². The zero-order valence-electron chi connectivity index (χ0n) is 9.93. The summed E-state index contributed by atoms with van der Waals surface area (Å²) >= 11 is 3.34. The molecule has 2 aromatic heterocycles. The van der Waals surface area contributed by atoms with Gasteiger partial charge in [-0.2, -0.15) is 4.98 Å². The minimum absolute atomic E-state index is 0.533. The van der Waals surface area contributed by atoms with Gasteiger partial charge in [0.1, 0.15) is 0 Å². The molecule has 94 valence electrons. The highest BCUT2D eigenvalue weighted by Crippen LogP contribution is 2.22. The molecule has 0 atom stereocenters. The first kappa shape index (κ1) is 12.8. The molecule has 0 aliphatic heterocycles. The second kappa shape index (κ2) is 6.30. The monoisotopic (exact) mass is 308 g/mol. The maximum Gasteiger partial charge on any atom is 0.232 e. The number of nitrogens with zero attached hydrogens (tertiary/aromatic N) is 3. The maximum absolute atomic E-state index is 5.38. The number of aromatic nitrogens is 3. The van der Waals surface area contributed by atoms with E-state index in [9.17, 15) is 0 Å². The number of ether oxygens (including phenoxy) is 1. The normalized spacial score (nSPS) is 10.1. The molecule has 18 heavy (non-hydrogen) atoms. The van der Waals surface area contributed by atoms with Gasteiger partial charge in [-0.3, -0.25) is 4.98 Å². The van der Waals surface area contributed by atoms with E-state index in [4.69, 9.17) is 4.74 Å². The van der Waals surface area contributed by atoms with Gasteiger partial charge in [0, 0.05) is 18.9 Å². The van der Waals surface area contributed by atoms with E-state index in [0.717, 1.165) is 10.0 Å². The van der Waals surface area contributed by atoms with Crippen LogP contribution >= 0.6 is 15.9 Å². The first-order valence-electron chi connectivity index (χ1n) is 5.57. The number of anilines is 1. The fraction of sp³-hybridized carbons (Fsp3) is 0.250. The molecular formula is C12H13BrN4O. The highest BCUT2D eigenvalue weighted by atomic mass is 79.9. The van der Waals surface area contributed by atoms with Crippen LogP contribution in [0.3, 0.4) is 0 Å². The minimum Gasteiger partial charge on any atom is -0.477 e. The lowest BCUT2D eigenvalue weighted by atomic mass is 10.3. The van der Waals surface area contributed by atoms with E-state index >= 15 is 0 Å². The van der Waals surface area contributed by atoms with Gasteiger partial charge in [-0.25, -0.2) is 4.98 Å². The fourth-order valence-electron chi connectivity index (χ4n) is 1.36. The Kier molecular flexibility index (Phi) is 4.46. The van der Waals surface area contributed by atoms with Crippen molar-refractivity contribution in [2.75, 3.05) is 11.9 Å². The molecule has 2 aromatic rings. The SMILES string of the molecule is CCOc1nc(NCc2cccnc2)ncc1Br. The molecule has 6 heteroatoms. The van der Waals surface area contributed by atoms with Crippen LogP contribution in [0.2, 0.25) is 0 Å². The van der Waals surface area contributed by atoms with E-state index in [1.807, 2.05) is 19.1 Å². The smallest absolute Gasteiger partial charge is 0.232 e. The van der Waals surface area contributed by atoms with Crippen molar-refractivity contribution < 1.29 is 4.74 Å². The van der Waals surface area contributed by atoms with Gasteiger partial charge in [0.15, 0.2) is 0 Å². The van der Waals surface area contributed by atoms with Crippen molar-refractivity contribution in [2.24, 2.45) is 0 Å². The predicted molar refractivity (Wildman–Crippen MR) is 72.5 cm³/mol. The molecule has 0 radical (unpaired) electrons. The molecule has 2 rings (SSSR count). The first-order valence-corrected chi connectivity index (χ1v) is 6.37. The third-order valence-electron chi connectivity index (χ3n) is 2.17. The number of hydrogen-bond donors (Lipinski definition) is 1. The van der Waals surface area contributed by atoms with E-state index in [-0.39, 0.29) is 0 Å². The molecule has 0 aliphatic rings. The van der Waals surface area contributed by atoms with Crippen LogP contribution in [-0.2, 0) is 6.54 Å². The van der Waals surface area contributed by atoms with E-state index in [1.165, 1.54) is 0 Å². The van der Waals surface area contributed by atoms with E-state index in [1.54, 1.807) is 18.6 Å².